The van der Waals surface area contributed by atoms with E-state index in [4.69, 9.17) is 0 Å². The molecular weight excluding hydrogens is 307 g/mol. The van der Waals surface area contributed by atoms with E-state index in [1.807, 2.05) is 6.07 Å². The number of nitrogens with zero attached hydrogens (tertiary/aromatic N) is 1. The molecule has 1 aromatic rings. The third kappa shape index (κ3) is 3.41. The molecule has 1 aromatic carbocycles. The van der Waals surface area contributed by atoms with Gasteiger partial charge in [0.05, 0.1) is 0 Å². The van der Waals surface area contributed by atoms with Gasteiger partial charge in [-0.15, -0.1) is 12.4 Å². The second-order valence-electron chi connectivity index (χ2n) is 4.10. The number of halogens is 3. The lowest BCUT2D eigenvalue weighted by Crippen LogP contribution is -2.44. The molecule has 0 unspecified atom stereocenters. The summed E-state index contributed by atoms with van der Waals surface area (Å²) in [6, 6.07) is 5.28. The van der Waals surface area contributed by atoms with Gasteiger partial charge in [-0.2, -0.15) is 0 Å². The summed E-state index contributed by atoms with van der Waals surface area (Å²) < 4.78 is 14.6. The van der Waals surface area contributed by atoms with Crippen LogP contribution in [0.4, 0.5) is 4.39 Å². The third-order valence-electron chi connectivity index (χ3n) is 3.12. The Labute approximate surface area is 116 Å². The standard InChI is InChI=1S/C12H16BrFN2.ClH/c1-9(16-7-5-15-6-8-16)12-10(13)3-2-4-11(12)14;/h2-4,9,15H,5-8H2,1H3;1H/t9-;/m0./s1. The molecule has 1 aliphatic rings. The molecule has 0 bridgehead atoms. The van der Waals surface area contributed by atoms with Crippen LogP contribution in [0.2, 0.25) is 0 Å². The number of hydrogen-bond donors (Lipinski definition) is 1. The zero-order valence-corrected chi connectivity index (χ0v) is 12.2. The number of rotatable bonds is 2. The van der Waals surface area contributed by atoms with Crippen LogP contribution in [-0.2, 0) is 0 Å². The Hall–Kier alpha value is -0.160. The van der Waals surface area contributed by atoms with Crippen LogP contribution >= 0.6 is 28.3 Å². The van der Waals surface area contributed by atoms with Crippen LogP contribution in [0.25, 0.3) is 0 Å². The van der Waals surface area contributed by atoms with Crippen molar-refractivity contribution >= 4 is 28.3 Å². The Bertz CT molecular complexity index is 349. The van der Waals surface area contributed by atoms with Crippen molar-refractivity contribution in [2.45, 2.75) is 13.0 Å². The summed E-state index contributed by atoms with van der Waals surface area (Å²) in [5, 5.41) is 3.30. The van der Waals surface area contributed by atoms with Crippen LogP contribution in [0.3, 0.4) is 0 Å². The fourth-order valence-corrected chi connectivity index (χ4v) is 2.84. The quantitative estimate of drug-likeness (QED) is 0.900. The summed E-state index contributed by atoms with van der Waals surface area (Å²) in [5.74, 6) is -0.125. The van der Waals surface area contributed by atoms with Gasteiger partial charge in [-0.3, -0.25) is 4.90 Å². The minimum absolute atomic E-state index is 0. The number of piperazine rings is 1. The molecule has 1 atom stereocenters. The van der Waals surface area contributed by atoms with Crippen molar-refractivity contribution < 1.29 is 4.39 Å². The first kappa shape index (κ1) is 14.9. The van der Waals surface area contributed by atoms with Gasteiger partial charge in [-0.1, -0.05) is 22.0 Å². The van der Waals surface area contributed by atoms with Gasteiger partial charge in [0.25, 0.3) is 0 Å². The average molecular weight is 324 g/mol. The van der Waals surface area contributed by atoms with E-state index in [0.29, 0.717) is 0 Å². The summed E-state index contributed by atoms with van der Waals surface area (Å²) in [7, 11) is 0. The highest BCUT2D eigenvalue weighted by Gasteiger charge is 2.22. The van der Waals surface area contributed by atoms with Crippen LogP contribution in [0, 0.1) is 5.82 Å². The van der Waals surface area contributed by atoms with Crippen molar-refractivity contribution in [2.24, 2.45) is 0 Å². The molecule has 0 aromatic heterocycles. The molecule has 1 heterocycles. The first-order valence-corrected chi connectivity index (χ1v) is 6.38. The van der Waals surface area contributed by atoms with Crippen LogP contribution in [0.1, 0.15) is 18.5 Å². The van der Waals surface area contributed by atoms with Crippen LogP contribution in [-0.4, -0.2) is 31.1 Å². The van der Waals surface area contributed by atoms with E-state index in [1.54, 1.807) is 6.07 Å². The molecule has 0 amide bonds. The van der Waals surface area contributed by atoms with Gasteiger partial charge >= 0.3 is 0 Å². The van der Waals surface area contributed by atoms with Crippen LogP contribution in [0.15, 0.2) is 22.7 Å². The highest BCUT2D eigenvalue weighted by molar-refractivity contribution is 9.10. The van der Waals surface area contributed by atoms with Gasteiger partial charge in [0.2, 0.25) is 0 Å². The Morgan fingerprint density at radius 3 is 2.59 bits per heavy atom. The van der Waals surface area contributed by atoms with Crippen molar-refractivity contribution in [3.05, 3.63) is 34.1 Å². The minimum Gasteiger partial charge on any atom is -0.314 e. The Morgan fingerprint density at radius 1 is 1.35 bits per heavy atom. The Morgan fingerprint density at radius 2 is 2.00 bits per heavy atom. The zero-order chi connectivity index (χ0) is 11.5. The number of hydrogen-bond acceptors (Lipinski definition) is 2. The normalized spacial score (nSPS) is 18.5. The summed E-state index contributed by atoms with van der Waals surface area (Å²) in [6.07, 6.45) is 0. The van der Waals surface area contributed by atoms with Crippen LogP contribution < -0.4 is 5.32 Å². The molecule has 0 saturated carbocycles. The summed E-state index contributed by atoms with van der Waals surface area (Å²) in [4.78, 5) is 2.31. The molecule has 2 nitrogen and oxygen atoms in total. The van der Waals surface area contributed by atoms with Gasteiger partial charge in [0.1, 0.15) is 5.82 Å². The Kier molecular flexibility index (Phi) is 5.86. The molecule has 5 heteroatoms. The van der Waals surface area contributed by atoms with Crippen molar-refractivity contribution in [3.8, 4) is 0 Å². The van der Waals surface area contributed by atoms with E-state index < -0.39 is 0 Å². The Balaban J connectivity index is 0.00000144. The number of benzene rings is 1. The SMILES string of the molecule is C[C@@H](c1c(F)cccc1Br)N1CCNCC1.Cl. The van der Waals surface area contributed by atoms with Crippen molar-refractivity contribution in [3.63, 3.8) is 0 Å². The highest BCUT2D eigenvalue weighted by atomic mass is 79.9. The third-order valence-corrected chi connectivity index (χ3v) is 3.81. The molecule has 0 spiro atoms. The van der Waals surface area contributed by atoms with Crippen molar-refractivity contribution in [2.75, 3.05) is 26.2 Å². The summed E-state index contributed by atoms with van der Waals surface area (Å²) >= 11 is 3.43. The monoisotopic (exact) mass is 322 g/mol. The smallest absolute Gasteiger partial charge is 0.129 e. The molecular formula is C12H17BrClFN2. The van der Waals surface area contributed by atoms with E-state index in [-0.39, 0.29) is 24.3 Å². The molecule has 0 aliphatic carbocycles. The first-order valence-electron chi connectivity index (χ1n) is 5.59. The maximum Gasteiger partial charge on any atom is 0.129 e. The van der Waals surface area contributed by atoms with Gasteiger partial charge in [0, 0.05) is 42.3 Å². The fraction of sp³-hybridized carbons (Fsp3) is 0.500. The fourth-order valence-electron chi connectivity index (χ4n) is 2.16. The molecule has 17 heavy (non-hydrogen) atoms. The largest absolute Gasteiger partial charge is 0.314 e. The minimum atomic E-state index is -0.125. The highest BCUT2D eigenvalue weighted by Crippen LogP contribution is 2.29. The van der Waals surface area contributed by atoms with Gasteiger partial charge in [0.15, 0.2) is 0 Å². The van der Waals surface area contributed by atoms with Crippen LogP contribution in [0.5, 0.6) is 0 Å². The maximum atomic E-state index is 13.8. The maximum absolute atomic E-state index is 13.8. The van der Waals surface area contributed by atoms with E-state index in [2.05, 4.69) is 33.1 Å². The molecule has 1 fully saturated rings. The average Bonchev–Trinajstić information content (AvgIpc) is 2.30. The molecule has 1 aliphatic heterocycles. The van der Waals surface area contributed by atoms with E-state index in [1.165, 1.54) is 6.07 Å². The predicted molar refractivity (Wildman–Crippen MR) is 74.2 cm³/mol. The first-order chi connectivity index (χ1) is 7.70. The summed E-state index contributed by atoms with van der Waals surface area (Å²) in [5.41, 5.74) is 0.768. The summed E-state index contributed by atoms with van der Waals surface area (Å²) in [6.45, 7) is 5.98. The van der Waals surface area contributed by atoms with Crippen molar-refractivity contribution in [1.82, 2.24) is 10.2 Å². The van der Waals surface area contributed by atoms with Gasteiger partial charge in [-0.25, -0.2) is 4.39 Å². The zero-order valence-electron chi connectivity index (χ0n) is 9.75. The van der Waals surface area contributed by atoms with Gasteiger partial charge < -0.3 is 5.32 Å². The van der Waals surface area contributed by atoms with Gasteiger partial charge in [-0.05, 0) is 19.1 Å². The molecule has 0 radical (unpaired) electrons. The lowest BCUT2D eigenvalue weighted by molar-refractivity contribution is 0.182. The predicted octanol–water partition coefficient (Wildman–Crippen LogP) is 2.98. The van der Waals surface area contributed by atoms with E-state index >= 15 is 0 Å². The van der Waals surface area contributed by atoms with E-state index in [9.17, 15) is 4.39 Å². The van der Waals surface area contributed by atoms with E-state index in [0.717, 1.165) is 36.2 Å². The number of nitrogens with one attached hydrogen (secondary N) is 1. The van der Waals surface area contributed by atoms with Crippen molar-refractivity contribution in [1.29, 1.82) is 0 Å². The molecule has 96 valence electrons. The second kappa shape index (κ2) is 6.69. The second-order valence-corrected chi connectivity index (χ2v) is 4.95. The molecule has 1 N–H and O–H groups in total. The lowest BCUT2D eigenvalue weighted by atomic mass is 10.1. The molecule has 2 rings (SSSR count). The topological polar surface area (TPSA) is 15.3 Å². The molecule has 1 saturated heterocycles. The lowest BCUT2D eigenvalue weighted by Gasteiger charge is -2.33.